The van der Waals surface area contributed by atoms with Crippen LogP contribution in [0, 0.1) is 5.41 Å². The molecule has 1 heterocycles. The molecule has 1 aliphatic heterocycles. The van der Waals surface area contributed by atoms with Crippen molar-refractivity contribution in [1.29, 1.82) is 0 Å². The molecular weight excluding hydrogens is 178 g/mol. The second-order valence-corrected chi connectivity index (χ2v) is 4.39. The van der Waals surface area contributed by atoms with Crippen LogP contribution in [0.3, 0.4) is 0 Å². The molecule has 1 rings (SSSR count). The number of aliphatic hydroxyl groups excluding tert-OH is 1. The molecule has 0 spiro atoms. The van der Waals surface area contributed by atoms with Crippen molar-refractivity contribution in [3.05, 3.63) is 0 Å². The van der Waals surface area contributed by atoms with Gasteiger partial charge in [-0.1, -0.05) is 6.92 Å². The quantitative estimate of drug-likeness (QED) is 0.681. The Morgan fingerprint density at radius 3 is 2.79 bits per heavy atom. The van der Waals surface area contributed by atoms with Gasteiger partial charge in [0.05, 0.1) is 6.10 Å². The molecular formula is C11H23NO2. The molecule has 0 aromatic heterocycles. The standard InChI is InChI=1S/C11H23NO2/c1-2-11(8-12,9-13)6-5-10-4-3-7-14-10/h10,13H,2-9,12H2,1H3. The van der Waals surface area contributed by atoms with Gasteiger partial charge in [0, 0.05) is 25.2 Å². The monoisotopic (exact) mass is 201 g/mol. The zero-order chi connectivity index (χ0) is 10.4. The highest BCUT2D eigenvalue weighted by atomic mass is 16.5. The molecule has 0 aromatic rings. The third kappa shape index (κ3) is 2.94. The molecule has 2 unspecified atom stereocenters. The fraction of sp³-hybridized carbons (Fsp3) is 1.00. The molecule has 0 bridgehead atoms. The third-order valence-electron chi connectivity index (χ3n) is 3.54. The van der Waals surface area contributed by atoms with E-state index in [0.29, 0.717) is 12.6 Å². The first-order valence-electron chi connectivity index (χ1n) is 5.69. The molecule has 84 valence electrons. The smallest absolute Gasteiger partial charge is 0.0576 e. The molecule has 3 nitrogen and oxygen atoms in total. The Hall–Kier alpha value is -0.120. The lowest BCUT2D eigenvalue weighted by molar-refractivity contribution is 0.0660. The van der Waals surface area contributed by atoms with Crippen LogP contribution in [0.2, 0.25) is 0 Å². The van der Waals surface area contributed by atoms with Crippen LogP contribution in [0.5, 0.6) is 0 Å². The van der Waals surface area contributed by atoms with Gasteiger partial charge in [-0.25, -0.2) is 0 Å². The summed E-state index contributed by atoms with van der Waals surface area (Å²) >= 11 is 0. The Kier molecular flexibility index (Phi) is 4.85. The highest BCUT2D eigenvalue weighted by molar-refractivity contribution is 4.80. The van der Waals surface area contributed by atoms with Crippen molar-refractivity contribution >= 4 is 0 Å². The number of ether oxygens (including phenoxy) is 1. The minimum atomic E-state index is -0.0635. The second kappa shape index (κ2) is 5.69. The Morgan fingerprint density at radius 2 is 2.36 bits per heavy atom. The maximum Gasteiger partial charge on any atom is 0.0576 e. The van der Waals surface area contributed by atoms with Gasteiger partial charge >= 0.3 is 0 Å². The zero-order valence-corrected chi connectivity index (χ0v) is 9.17. The highest BCUT2D eigenvalue weighted by Crippen LogP contribution is 2.29. The molecule has 1 fully saturated rings. The van der Waals surface area contributed by atoms with Crippen molar-refractivity contribution in [1.82, 2.24) is 0 Å². The van der Waals surface area contributed by atoms with E-state index in [1.807, 2.05) is 0 Å². The normalized spacial score (nSPS) is 26.4. The summed E-state index contributed by atoms with van der Waals surface area (Å²) < 4.78 is 5.56. The summed E-state index contributed by atoms with van der Waals surface area (Å²) in [5.74, 6) is 0. The molecule has 0 saturated carbocycles. The maximum atomic E-state index is 9.33. The zero-order valence-electron chi connectivity index (χ0n) is 9.17. The van der Waals surface area contributed by atoms with E-state index in [9.17, 15) is 5.11 Å². The van der Waals surface area contributed by atoms with E-state index in [2.05, 4.69) is 6.92 Å². The van der Waals surface area contributed by atoms with Gasteiger partial charge in [0.2, 0.25) is 0 Å². The van der Waals surface area contributed by atoms with E-state index >= 15 is 0 Å². The lowest BCUT2D eigenvalue weighted by atomic mass is 9.80. The molecule has 0 aromatic carbocycles. The number of aliphatic hydroxyl groups is 1. The van der Waals surface area contributed by atoms with E-state index in [1.165, 1.54) is 12.8 Å². The average Bonchev–Trinajstić information content (AvgIpc) is 2.74. The largest absolute Gasteiger partial charge is 0.396 e. The molecule has 14 heavy (non-hydrogen) atoms. The summed E-state index contributed by atoms with van der Waals surface area (Å²) in [5, 5.41) is 9.33. The van der Waals surface area contributed by atoms with Crippen LogP contribution in [0.15, 0.2) is 0 Å². The number of hydrogen-bond acceptors (Lipinski definition) is 3. The minimum Gasteiger partial charge on any atom is -0.396 e. The summed E-state index contributed by atoms with van der Waals surface area (Å²) in [7, 11) is 0. The maximum absolute atomic E-state index is 9.33. The average molecular weight is 201 g/mol. The molecule has 1 saturated heterocycles. The lowest BCUT2D eigenvalue weighted by Crippen LogP contribution is -2.34. The van der Waals surface area contributed by atoms with Gasteiger partial charge in [0.15, 0.2) is 0 Å². The van der Waals surface area contributed by atoms with Gasteiger partial charge < -0.3 is 15.6 Å². The predicted octanol–water partition coefficient (Wildman–Crippen LogP) is 1.29. The lowest BCUT2D eigenvalue weighted by Gasteiger charge is -2.30. The van der Waals surface area contributed by atoms with Gasteiger partial charge in [-0.15, -0.1) is 0 Å². The minimum absolute atomic E-state index is 0.0635. The van der Waals surface area contributed by atoms with Crippen LogP contribution < -0.4 is 5.73 Å². The molecule has 3 heteroatoms. The first-order chi connectivity index (χ1) is 6.76. The second-order valence-electron chi connectivity index (χ2n) is 4.39. The van der Waals surface area contributed by atoms with E-state index in [1.54, 1.807) is 0 Å². The Labute approximate surface area is 86.6 Å². The summed E-state index contributed by atoms with van der Waals surface area (Å²) in [6.07, 6.45) is 5.76. The summed E-state index contributed by atoms with van der Waals surface area (Å²) in [5.41, 5.74) is 5.65. The summed E-state index contributed by atoms with van der Waals surface area (Å²) in [6, 6.07) is 0. The van der Waals surface area contributed by atoms with E-state index in [-0.39, 0.29) is 12.0 Å². The van der Waals surface area contributed by atoms with E-state index in [4.69, 9.17) is 10.5 Å². The molecule has 3 N–H and O–H groups in total. The van der Waals surface area contributed by atoms with Crippen molar-refractivity contribution in [2.24, 2.45) is 11.1 Å². The first-order valence-corrected chi connectivity index (χ1v) is 5.69. The van der Waals surface area contributed by atoms with Crippen LogP contribution in [0.1, 0.15) is 39.0 Å². The van der Waals surface area contributed by atoms with Crippen molar-refractivity contribution in [3.63, 3.8) is 0 Å². The van der Waals surface area contributed by atoms with Crippen molar-refractivity contribution < 1.29 is 9.84 Å². The van der Waals surface area contributed by atoms with E-state index < -0.39 is 0 Å². The van der Waals surface area contributed by atoms with Crippen LogP contribution in [-0.4, -0.2) is 31.0 Å². The molecule has 2 atom stereocenters. The number of nitrogens with two attached hydrogens (primary N) is 1. The van der Waals surface area contributed by atoms with Crippen molar-refractivity contribution in [2.45, 2.75) is 45.1 Å². The summed E-state index contributed by atoms with van der Waals surface area (Å²) in [6.45, 7) is 3.78. The predicted molar refractivity (Wildman–Crippen MR) is 57.1 cm³/mol. The highest BCUT2D eigenvalue weighted by Gasteiger charge is 2.27. The molecule has 0 radical (unpaired) electrons. The SMILES string of the molecule is CCC(CN)(CO)CCC1CCCO1. The van der Waals surface area contributed by atoms with E-state index in [0.717, 1.165) is 25.9 Å². The van der Waals surface area contributed by atoms with Gasteiger partial charge in [0.1, 0.15) is 0 Å². The van der Waals surface area contributed by atoms with Crippen LogP contribution >= 0.6 is 0 Å². The Morgan fingerprint density at radius 1 is 1.57 bits per heavy atom. The molecule has 0 aliphatic carbocycles. The Balaban J connectivity index is 2.31. The fourth-order valence-electron chi connectivity index (χ4n) is 2.02. The molecule has 1 aliphatic rings. The fourth-order valence-corrected chi connectivity index (χ4v) is 2.02. The third-order valence-corrected chi connectivity index (χ3v) is 3.54. The van der Waals surface area contributed by atoms with Gasteiger partial charge in [0.25, 0.3) is 0 Å². The topological polar surface area (TPSA) is 55.5 Å². The van der Waals surface area contributed by atoms with Crippen LogP contribution in [0.4, 0.5) is 0 Å². The molecule has 0 amide bonds. The van der Waals surface area contributed by atoms with Gasteiger partial charge in [-0.05, 0) is 32.1 Å². The van der Waals surface area contributed by atoms with Gasteiger partial charge in [-0.2, -0.15) is 0 Å². The van der Waals surface area contributed by atoms with Crippen LogP contribution in [0.25, 0.3) is 0 Å². The van der Waals surface area contributed by atoms with Crippen molar-refractivity contribution in [2.75, 3.05) is 19.8 Å². The van der Waals surface area contributed by atoms with Crippen molar-refractivity contribution in [3.8, 4) is 0 Å². The number of rotatable bonds is 6. The number of hydrogen-bond donors (Lipinski definition) is 2. The van der Waals surface area contributed by atoms with Crippen LogP contribution in [-0.2, 0) is 4.74 Å². The first kappa shape index (κ1) is 12.0. The van der Waals surface area contributed by atoms with Gasteiger partial charge in [-0.3, -0.25) is 0 Å². The summed E-state index contributed by atoms with van der Waals surface area (Å²) in [4.78, 5) is 0. The Bertz CT molecular complexity index is 143.